The highest BCUT2D eigenvalue weighted by molar-refractivity contribution is 5.82. The molecule has 0 heterocycles. The maximum Gasteiger partial charge on any atom is 0.408 e. The van der Waals surface area contributed by atoms with Gasteiger partial charge in [0.05, 0.1) is 0 Å². The van der Waals surface area contributed by atoms with E-state index in [-0.39, 0.29) is 11.5 Å². The molecule has 0 saturated heterocycles. The van der Waals surface area contributed by atoms with Gasteiger partial charge in [-0.2, -0.15) is 0 Å². The molecule has 1 saturated carbocycles. The first-order chi connectivity index (χ1) is 8.69. The van der Waals surface area contributed by atoms with Gasteiger partial charge in [0, 0.05) is 11.5 Å². The zero-order valence-corrected chi connectivity index (χ0v) is 12.4. The second-order valence-electron chi connectivity index (χ2n) is 6.62. The molecule has 0 aromatic heterocycles. The maximum absolute atomic E-state index is 11.7. The number of nitrogens with two attached hydrogens (primary N) is 1. The van der Waals surface area contributed by atoms with Crippen LogP contribution in [-0.4, -0.2) is 23.6 Å². The number of rotatable bonds is 3. The summed E-state index contributed by atoms with van der Waals surface area (Å²) in [7, 11) is 0. The molecule has 1 rings (SSSR count). The van der Waals surface area contributed by atoms with Gasteiger partial charge in [-0.05, 0) is 39.5 Å². The summed E-state index contributed by atoms with van der Waals surface area (Å²) < 4.78 is 5.24. The smallest absolute Gasteiger partial charge is 0.408 e. The summed E-state index contributed by atoms with van der Waals surface area (Å²) in [6.45, 7) is 7.77. The zero-order chi connectivity index (χ0) is 14.6. The van der Waals surface area contributed by atoms with E-state index in [0.717, 1.165) is 25.7 Å². The van der Waals surface area contributed by atoms with Gasteiger partial charge in [0.15, 0.2) is 6.10 Å². The van der Waals surface area contributed by atoms with Crippen molar-refractivity contribution in [2.24, 2.45) is 17.6 Å². The largest absolute Gasteiger partial charge is 0.436 e. The summed E-state index contributed by atoms with van der Waals surface area (Å²) in [5.74, 6) is 0.177. The van der Waals surface area contributed by atoms with Crippen LogP contribution in [-0.2, 0) is 9.53 Å². The van der Waals surface area contributed by atoms with Crippen molar-refractivity contribution in [3.63, 3.8) is 0 Å². The van der Waals surface area contributed by atoms with Gasteiger partial charge in [0.1, 0.15) is 0 Å². The highest BCUT2D eigenvalue weighted by Gasteiger charge is 2.33. The molecule has 0 bridgehead atoms. The fourth-order valence-corrected chi connectivity index (χ4v) is 2.43. The van der Waals surface area contributed by atoms with E-state index in [0.29, 0.717) is 5.92 Å². The highest BCUT2D eigenvalue weighted by atomic mass is 16.6. The van der Waals surface area contributed by atoms with Gasteiger partial charge in [0.25, 0.3) is 5.91 Å². The Kier molecular flexibility index (Phi) is 5.20. The van der Waals surface area contributed by atoms with Gasteiger partial charge < -0.3 is 15.8 Å². The highest BCUT2D eigenvalue weighted by Crippen LogP contribution is 2.31. The van der Waals surface area contributed by atoms with Crippen LogP contribution in [0.5, 0.6) is 0 Å². The van der Waals surface area contributed by atoms with Crippen LogP contribution in [0.25, 0.3) is 0 Å². The second kappa shape index (κ2) is 6.26. The number of primary amides is 1. The van der Waals surface area contributed by atoms with Gasteiger partial charge in [0.2, 0.25) is 0 Å². The SMILES string of the molecule is CC1CCC(C(OC(=O)NC(C)(C)C)C(N)=O)CC1. The Morgan fingerprint density at radius 3 is 2.16 bits per heavy atom. The van der Waals surface area contributed by atoms with Crippen LogP contribution in [0.15, 0.2) is 0 Å². The van der Waals surface area contributed by atoms with E-state index in [4.69, 9.17) is 10.5 Å². The third-order valence-corrected chi connectivity index (χ3v) is 3.48. The third kappa shape index (κ3) is 5.49. The molecule has 1 atom stereocenters. The molecule has 1 aliphatic carbocycles. The van der Waals surface area contributed by atoms with Gasteiger partial charge in [-0.1, -0.05) is 19.8 Å². The van der Waals surface area contributed by atoms with Crippen molar-refractivity contribution in [2.75, 3.05) is 0 Å². The predicted molar refractivity (Wildman–Crippen MR) is 73.5 cm³/mol. The summed E-state index contributed by atoms with van der Waals surface area (Å²) in [5, 5.41) is 2.68. The molecule has 19 heavy (non-hydrogen) atoms. The van der Waals surface area contributed by atoms with Crippen LogP contribution in [0, 0.1) is 11.8 Å². The Bertz CT molecular complexity index is 328. The second-order valence-corrected chi connectivity index (χ2v) is 6.62. The van der Waals surface area contributed by atoms with E-state index >= 15 is 0 Å². The molecule has 0 aliphatic heterocycles. The first kappa shape index (κ1) is 15.8. The van der Waals surface area contributed by atoms with E-state index in [1.54, 1.807) is 0 Å². The molecule has 1 unspecified atom stereocenters. The maximum atomic E-state index is 11.7. The average Bonchev–Trinajstić information content (AvgIpc) is 2.24. The normalized spacial score (nSPS) is 25.5. The molecule has 0 radical (unpaired) electrons. The van der Waals surface area contributed by atoms with Crippen molar-refractivity contribution >= 4 is 12.0 Å². The van der Waals surface area contributed by atoms with Crippen molar-refractivity contribution in [2.45, 2.75) is 65.0 Å². The van der Waals surface area contributed by atoms with E-state index in [9.17, 15) is 9.59 Å². The zero-order valence-electron chi connectivity index (χ0n) is 12.4. The topological polar surface area (TPSA) is 81.4 Å². The molecule has 3 N–H and O–H groups in total. The third-order valence-electron chi connectivity index (χ3n) is 3.48. The Labute approximate surface area is 115 Å². The van der Waals surface area contributed by atoms with Crippen molar-refractivity contribution < 1.29 is 14.3 Å². The molecule has 0 aromatic carbocycles. The number of ether oxygens (including phenoxy) is 1. The van der Waals surface area contributed by atoms with Gasteiger partial charge in [-0.25, -0.2) is 4.79 Å². The molecule has 5 nitrogen and oxygen atoms in total. The predicted octanol–water partition coefficient (Wildman–Crippen LogP) is 2.19. The standard InChI is InChI=1S/C14H26N2O3/c1-9-5-7-10(8-6-9)11(12(15)17)19-13(18)16-14(2,3)4/h9-11H,5-8H2,1-4H3,(H2,15,17)(H,16,18). The van der Waals surface area contributed by atoms with Gasteiger partial charge in [-0.3, -0.25) is 4.79 Å². The van der Waals surface area contributed by atoms with Crippen LogP contribution < -0.4 is 11.1 Å². The van der Waals surface area contributed by atoms with E-state index < -0.39 is 18.1 Å². The fraction of sp³-hybridized carbons (Fsp3) is 0.857. The van der Waals surface area contributed by atoms with E-state index in [1.807, 2.05) is 20.8 Å². The summed E-state index contributed by atoms with van der Waals surface area (Å²) in [4.78, 5) is 23.2. The summed E-state index contributed by atoms with van der Waals surface area (Å²) in [5.41, 5.74) is 4.98. The number of nitrogens with one attached hydrogen (secondary N) is 1. The number of alkyl carbamates (subject to hydrolysis) is 1. The van der Waals surface area contributed by atoms with Crippen molar-refractivity contribution in [3.8, 4) is 0 Å². The minimum atomic E-state index is -0.810. The first-order valence-electron chi connectivity index (χ1n) is 6.97. The van der Waals surface area contributed by atoms with Gasteiger partial charge in [-0.15, -0.1) is 0 Å². The first-order valence-corrected chi connectivity index (χ1v) is 6.97. The Hall–Kier alpha value is -1.26. The molecule has 0 spiro atoms. The lowest BCUT2D eigenvalue weighted by molar-refractivity contribution is -0.130. The molecule has 110 valence electrons. The van der Waals surface area contributed by atoms with Crippen LogP contribution in [0.3, 0.4) is 0 Å². The van der Waals surface area contributed by atoms with E-state index in [1.165, 1.54) is 0 Å². The molecule has 1 fully saturated rings. The minimum Gasteiger partial charge on any atom is -0.436 e. The number of carbonyl (C=O) groups excluding carboxylic acids is 2. The number of amides is 2. The van der Waals surface area contributed by atoms with Crippen LogP contribution in [0.2, 0.25) is 0 Å². The fourth-order valence-electron chi connectivity index (χ4n) is 2.43. The Balaban J connectivity index is 2.58. The number of hydrogen-bond acceptors (Lipinski definition) is 3. The van der Waals surface area contributed by atoms with Crippen molar-refractivity contribution in [3.05, 3.63) is 0 Å². The molecule has 2 amide bonds. The van der Waals surface area contributed by atoms with Crippen LogP contribution in [0.4, 0.5) is 4.79 Å². The van der Waals surface area contributed by atoms with Crippen molar-refractivity contribution in [1.82, 2.24) is 5.32 Å². The van der Waals surface area contributed by atoms with Crippen LogP contribution in [0.1, 0.15) is 53.4 Å². The molecular weight excluding hydrogens is 244 g/mol. The Morgan fingerprint density at radius 2 is 1.74 bits per heavy atom. The number of carbonyl (C=O) groups is 2. The summed E-state index contributed by atoms with van der Waals surface area (Å²) in [6, 6.07) is 0. The lowest BCUT2D eigenvalue weighted by Gasteiger charge is -2.31. The van der Waals surface area contributed by atoms with Crippen molar-refractivity contribution in [1.29, 1.82) is 0 Å². The molecule has 0 aromatic rings. The Morgan fingerprint density at radius 1 is 1.21 bits per heavy atom. The van der Waals surface area contributed by atoms with Crippen LogP contribution >= 0.6 is 0 Å². The lowest BCUT2D eigenvalue weighted by Crippen LogP contribution is -2.47. The number of hydrogen-bond donors (Lipinski definition) is 2. The molecule has 5 heteroatoms. The minimum absolute atomic E-state index is 0.0550. The van der Waals surface area contributed by atoms with E-state index in [2.05, 4.69) is 12.2 Å². The summed E-state index contributed by atoms with van der Waals surface area (Å²) in [6.07, 6.45) is 2.50. The monoisotopic (exact) mass is 270 g/mol. The lowest BCUT2D eigenvalue weighted by atomic mass is 9.80. The summed E-state index contributed by atoms with van der Waals surface area (Å²) >= 11 is 0. The van der Waals surface area contributed by atoms with Gasteiger partial charge >= 0.3 is 6.09 Å². The average molecular weight is 270 g/mol. The molecular formula is C14H26N2O3. The quantitative estimate of drug-likeness (QED) is 0.824. The molecule has 1 aliphatic rings.